The van der Waals surface area contributed by atoms with Gasteiger partial charge in [-0.25, -0.2) is 4.98 Å². The first-order valence-corrected chi connectivity index (χ1v) is 8.29. The highest BCUT2D eigenvalue weighted by molar-refractivity contribution is 7.99. The zero-order valence-electron chi connectivity index (χ0n) is 12.8. The van der Waals surface area contributed by atoms with Gasteiger partial charge in [-0.1, -0.05) is 6.92 Å². The summed E-state index contributed by atoms with van der Waals surface area (Å²) in [5, 5.41) is 4.56. The zero-order valence-corrected chi connectivity index (χ0v) is 13.7. The minimum Gasteiger partial charge on any atom is -0.465 e. The lowest BCUT2D eigenvalue weighted by atomic mass is 9.95. The molecule has 1 saturated carbocycles. The molecule has 0 aromatic carbocycles. The van der Waals surface area contributed by atoms with E-state index in [0.717, 1.165) is 17.9 Å². The van der Waals surface area contributed by atoms with Crippen molar-refractivity contribution < 1.29 is 9.53 Å². The van der Waals surface area contributed by atoms with E-state index in [1.165, 1.54) is 0 Å². The molecule has 2 unspecified atom stereocenters. The summed E-state index contributed by atoms with van der Waals surface area (Å²) in [5.41, 5.74) is -0.633. The summed E-state index contributed by atoms with van der Waals surface area (Å²) in [5.74, 6) is -0.163. The fraction of sp³-hybridized carbons (Fsp3) is 0.667. The Morgan fingerprint density at radius 2 is 2.33 bits per heavy atom. The number of aromatic nitrogens is 2. The summed E-state index contributed by atoms with van der Waals surface area (Å²) < 4.78 is 5.25. The Morgan fingerprint density at radius 1 is 1.57 bits per heavy atom. The number of rotatable bonds is 8. The maximum atomic E-state index is 12.3. The van der Waals surface area contributed by atoms with E-state index in [1.807, 2.05) is 13.8 Å². The average Bonchev–Trinajstić information content (AvgIpc) is 3.23. The van der Waals surface area contributed by atoms with E-state index in [-0.39, 0.29) is 11.2 Å². The molecule has 2 rings (SSSR count). The molecule has 0 radical (unpaired) electrons. The van der Waals surface area contributed by atoms with Crippen LogP contribution in [0.15, 0.2) is 23.6 Å². The summed E-state index contributed by atoms with van der Waals surface area (Å²) in [6.45, 7) is 6.29. The van der Waals surface area contributed by atoms with E-state index in [1.54, 1.807) is 30.4 Å². The lowest BCUT2D eigenvalue weighted by molar-refractivity contribution is -0.150. The second kappa shape index (κ2) is 7.22. The lowest BCUT2D eigenvalue weighted by Crippen LogP contribution is -2.52. The van der Waals surface area contributed by atoms with Gasteiger partial charge >= 0.3 is 5.97 Å². The highest BCUT2D eigenvalue weighted by atomic mass is 32.2. The predicted molar refractivity (Wildman–Crippen MR) is 83.2 cm³/mol. The van der Waals surface area contributed by atoms with Gasteiger partial charge in [0.25, 0.3) is 0 Å². The summed E-state index contributed by atoms with van der Waals surface area (Å²) in [6, 6.07) is 0.452. The van der Waals surface area contributed by atoms with E-state index < -0.39 is 5.54 Å². The normalized spacial score (nSPS) is 18.8. The third kappa shape index (κ3) is 4.97. The largest absolute Gasteiger partial charge is 0.465 e. The summed E-state index contributed by atoms with van der Waals surface area (Å²) in [4.78, 5) is 20.6. The van der Waals surface area contributed by atoms with E-state index in [2.05, 4.69) is 22.2 Å². The number of carbonyl (C=O) groups is 1. The maximum absolute atomic E-state index is 12.3. The Labute approximate surface area is 130 Å². The van der Waals surface area contributed by atoms with Crippen molar-refractivity contribution in [2.75, 3.05) is 6.61 Å². The number of nitrogens with one attached hydrogen (secondary N) is 1. The molecule has 1 fully saturated rings. The molecular weight excluding hydrogens is 286 g/mol. The van der Waals surface area contributed by atoms with Gasteiger partial charge < -0.3 is 4.74 Å². The van der Waals surface area contributed by atoms with Crippen LogP contribution >= 0.6 is 11.8 Å². The molecule has 0 saturated heterocycles. The first-order valence-electron chi connectivity index (χ1n) is 7.41. The average molecular weight is 309 g/mol. The summed E-state index contributed by atoms with van der Waals surface area (Å²) in [6.07, 6.45) is 8.07. The molecule has 1 aromatic heterocycles. The van der Waals surface area contributed by atoms with Gasteiger partial charge in [-0.3, -0.25) is 15.1 Å². The molecule has 1 N–H and O–H groups in total. The van der Waals surface area contributed by atoms with E-state index in [4.69, 9.17) is 4.74 Å². The lowest BCUT2D eigenvalue weighted by Gasteiger charge is -2.31. The number of carbonyl (C=O) groups excluding carboxylic acids is 1. The molecule has 6 heteroatoms. The molecule has 2 atom stereocenters. The van der Waals surface area contributed by atoms with Crippen LogP contribution in [0.3, 0.4) is 0 Å². The van der Waals surface area contributed by atoms with Crippen molar-refractivity contribution in [3.8, 4) is 0 Å². The van der Waals surface area contributed by atoms with Crippen molar-refractivity contribution in [1.29, 1.82) is 0 Å². The van der Waals surface area contributed by atoms with Crippen molar-refractivity contribution in [2.45, 2.75) is 61.9 Å². The van der Waals surface area contributed by atoms with Crippen molar-refractivity contribution >= 4 is 17.7 Å². The van der Waals surface area contributed by atoms with Crippen LogP contribution in [0.5, 0.6) is 0 Å². The van der Waals surface area contributed by atoms with Gasteiger partial charge in [-0.2, -0.15) is 0 Å². The van der Waals surface area contributed by atoms with E-state index in [9.17, 15) is 4.79 Å². The topological polar surface area (TPSA) is 64.1 Å². The number of nitrogens with zero attached hydrogens (tertiary/aromatic N) is 2. The molecule has 1 aliphatic rings. The fourth-order valence-corrected chi connectivity index (χ4v) is 3.41. The number of thioether (sulfide) groups is 1. The number of esters is 1. The van der Waals surface area contributed by atoms with Gasteiger partial charge in [-0.05, 0) is 33.1 Å². The molecule has 1 heterocycles. The highest BCUT2D eigenvalue weighted by Gasteiger charge is 2.40. The van der Waals surface area contributed by atoms with Gasteiger partial charge in [0.1, 0.15) is 10.6 Å². The third-order valence-corrected chi connectivity index (χ3v) is 4.40. The Bertz CT molecular complexity index is 467. The second-order valence-corrected chi connectivity index (χ2v) is 7.11. The number of hydrogen-bond acceptors (Lipinski definition) is 6. The molecule has 21 heavy (non-hydrogen) atoms. The number of hydrogen-bond donors (Lipinski definition) is 1. The van der Waals surface area contributed by atoms with Crippen LogP contribution in [-0.4, -0.2) is 39.4 Å². The van der Waals surface area contributed by atoms with Crippen LogP contribution in [0.1, 0.15) is 40.0 Å². The van der Waals surface area contributed by atoms with Crippen LogP contribution < -0.4 is 5.32 Å². The Hall–Kier alpha value is -1.14. The van der Waals surface area contributed by atoms with Gasteiger partial charge in [0.2, 0.25) is 0 Å². The molecule has 1 aliphatic carbocycles. The predicted octanol–water partition coefficient (Wildman–Crippen LogP) is 2.42. The van der Waals surface area contributed by atoms with Crippen LogP contribution in [0.4, 0.5) is 0 Å². The van der Waals surface area contributed by atoms with Crippen LogP contribution in [-0.2, 0) is 9.53 Å². The van der Waals surface area contributed by atoms with E-state index >= 15 is 0 Å². The van der Waals surface area contributed by atoms with Crippen molar-refractivity contribution in [1.82, 2.24) is 15.3 Å². The first-order chi connectivity index (χ1) is 10.0. The van der Waals surface area contributed by atoms with Gasteiger partial charge in [0.15, 0.2) is 0 Å². The van der Waals surface area contributed by atoms with Crippen molar-refractivity contribution in [2.24, 2.45) is 0 Å². The Kier molecular flexibility index (Phi) is 5.58. The SMILES string of the molecule is CCOC(=O)C(C)(CC(C)Sc1cnccn1)NC1CC1. The monoisotopic (exact) mass is 309 g/mol. The third-order valence-electron chi connectivity index (χ3n) is 3.38. The minimum atomic E-state index is -0.633. The molecule has 0 spiro atoms. The molecule has 116 valence electrons. The molecule has 0 bridgehead atoms. The fourth-order valence-electron chi connectivity index (χ4n) is 2.34. The molecule has 5 nitrogen and oxygen atoms in total. The van der Waals surface area contributed by atoms with Gasteiger partial charge in [0, 0.05) is 23.7 Å². The molecule has 0 amide bonds. The van der Waals surface area contributed by atoms with Crippen LogP contribution in [0, 0.1) is 0 Å². The standard InChI is InChI=1S/C15H23N3O2S/c1-4-20-14(19)15(3,18-12-5-6-12)9-11(2)21-13-10-16-7-8-17-13/h7-8,10-12,18H,4-6,9H2,1-3H3. The van der Waals surface area contributed by atoms with Crippen molar-refractivity contribution in [3.05, 3.63) is 18.6 Å². The Balaban J connectivity index is 1.98. The van der Waals surface area contributed by atoms with Gasteiger partial charge in [0.05, 0.1) is 12.8 Å². The van der Waals surface area contributed by atoms with Crippen LogP contribution in [0.2, 0.25) is 0 Å². The molecule has 0 aliphatic heterocycles. The maximum Gasteiger partial charge on any atom is 0.326 e. The van der Waals surface area contributed by atoms with E-state index in [0.29, 0.717) is 19.1 Å². The van der Waals surface area contributed by atoms with Gasteiger partial charge in [-0.15, -0.1) is 11.8 Å². The first kappa shape index (κ1) is 16.2. The van der Waals surface area contributed by atoms with Crippen LogP contribution in [0.25, 0.3) is 0 Å². The zero-order chi connectivity index (χ0) is 15.3. The quantitative estimate of drug-likeness (QED) is 0.588. The summed E-state index contributed by atoms with van der Waals surface area (Å²) in [7, 11) is 0. The Morgan fingerprint density at radius 3 is 2.90 bits per heavy atom. The number of ether oxygens (including phenoxy) is 1. The second-order valence-electron chi connectivity index (χ2n) is 5.65. The molecule has 1 aromatic rings. The smallest absolute Gasteiger partial charge is 0.326 e. The summed E-state index contributed by atoms with van der Waals surface area (Å²) >= 11 is 1.63. The highest BCUT2D eigenvalue weighted by Crippen LogP contribution is 2.30. The minimum absolute atomic E-state index is 0.163. The van der Waals surface area contributed by atoms with Crippen molar-refractivity contribution in [3.63, 3.8) is 0 Å². The molecular formula is C15H23N3O2S.